The van der Waals surface area contributed by atoms with Gasteiger partial charge in [0.1, 0.15) is 5.82 Å². The summed E-state index contributed by atoms with van der Waals surface area (Å²) in [5.41, 5.74) is 2.02. The van der Waals surface area contributed by atoms with Gasteiger partial charge in [0, 0.05) is 32.7 Å². The fourth-order valence-electron chi connectivity index (χ4n) is 3.77. The summed E-state index contributed by atoms with van der Waals surface area (Å²) in [6.45, 7) is 5.41. The van der Waals surface area contributed by atoms with Gasteiger partial charge in [-0.15, -0.1) is 0 Å². The predicted octanol–water partition coefficient (Wildman–Crippen LogP) is 1.47. The van der Waals surface area contributed by atoms with Gasteiger partial charge in [-0.25, -0.2) is 4.98 Å². The lowest BCUT2D eigenvalue weighted by Gasteiger charge is -2.33. The van der Waals surface area contributed by atoms with E-state index in [0.717, 1.165) is 62.4 Å². The zero-order valence-corrected chi connectivity index (χ0v) is 14.2. The SMILES string of the molecule is CN1CCN(CC(=O)N2CCCC2c2nc3ccccc3[nH]2)CC1. The van der Waals surface area contributed by atoms with Gasteiger partial charge in [0.05, 0.1) is 23.6 Å². The third-order valence-electron chi connectivity index (χ3n) is 5.25. The fourth-order valence-corrected chi connectivity index (χ4v) is 3.77. The van der Waals surface area contributed by atoms with Gasteiger partial charge in [0.2, 0.25) is 5.91 Å². The number of aromatic amines is 1. The molecular weight excluding hydrogens is 302 g/mol. The minimum atomic E-state index is 0.0948. The molecule has 128 valence electrons. The van der Waals surface area contributed by atoms with Crippen LogP contribution in [0.2, 0.25) is 0 Å². The number of imidazole rings is 1. The second-order valence-electron chi connectivity index (χ2n) is 6.96. The number of hydrogen-bond acceptors (Lipinski definition) is 4. The highest BCUT2D eigenvalue weighted by atomic mass is 16.2. The first-order chi connectivity index (χ1) is 11.7. The summed E-state index contributed by atoms with van der Waals surface area (Å²) >= 11 is 0. The van der Waals surface area contributed by atoms with Crippen LogP contribution in [0.15, 0.2) is 24.3 Å². The molecule has 1 amide bonds. The second-order valence-corrected chi connectivity index (χ2v) is 6.96. The maximum Gasteiger partial charge on any atom is 0.237 e. The molecular formula is C18H25N5O. The molecule has 2 fully saturated rings. The van der Waals surface area contributed by atoms with E-state index < -0.39 is 0 Å². The first-order valence-electron chi connectivity index (χ1n) is 8.86. The third kappa shape index (κ3) is 3.03. The average molecular weight is 327 g/mol. The highest BCUT2D eigenvalue weighted by Crippen LogP contribution is 2.31. The van der Waals surface area contributed by atoms with E-state index in [1.165, 1.54) is 0 Å². The molecule has 4 rings (SSSR count). The van der Waals surface area contributed by atoms with Crippen LogP contribution in [0.3, 0.4) is 0 Å². The number of piperazine rings is 1. The fraction of sp³-hybridized carbons (Fsp3) is 0.556. The molecule has 0 saturated carbocycles. The van der Waals surface area contributed by atoms with Crippen LogP contribution < -0.4 is 0 Å². The summed E-state index contributed by atoms with van der Waals surface area (Å²) in [7, 11) is 2.14. The standard InChI is InChI=1S/C18H25N5O/c1-21-9-11-22(12-10-21)13-17(24)23-8-4-7-16(23)18-19-14-5-2-3-6-15(14)20-18/h2-3,5-6,16H,4,7-13H2,1H3,(H,19,20). The minimum Gasteiger partial charge on any atom is -0.340 e. The number of para-hydroxylation sites is 2. The number of nitrogens with zero attached hydrogens (tertiary/aromatic N) is 4. The molecule has 1 aromatic heterocycles. The molecule has 1 aromatic carbocycles. The van der Waals surface area contributed by atoms with Crippen molar-refractivity contribution in [3.8, 4) is 0 Å². The van der Waals surface area contributed by atoms with E-state index in [2.05, 4.69) is 21.8 Å². The lowest BCUT2D eigenvalue weighted by molar-refractivity contribution is -0.133. The van der Waals surface area contributed by atoms with E-state index in [9.17, 15) is 4.79 Å². The van der Waals surface area contributed by atoms with E-state index >= 15 is 0 Å². The average Bonchev–Trinajstić information content (AvgIpc) is 3.23. The molecule has 1 N–H and O–H groups in total. The van der Waals surface area contributed by atoms with Crippen LogP contribution in [-0.4, -0.2) is 76.9 Å². The first-order valence-corrected chi connectivity index (χ1v) is 8.86. The van der Waals surface area contributed by atoms with Gasteiger partial charge >= 0.3 is 0 Å². The van der Waals surface area contributed by atoms with Crippen LogP contribution in [-0.2, 0) is 4.79 Å². The summed E-state index contributed by atoms with van der Waals surface area (Å²) in [6.07, 6.45) is 2.05. The van der Waals surface area contributed by atoms with Crippen molar-refractivity contribution in [1.29, 1.82) is 0 Å². The third-order valence-corrected chi connectivity index (χ3v) is 5.25. The maximum absolute atomic E-state index is 12.8. The molecule has 0 radical (unpaired) electrons. The van der Waals surface area contributed by atoms with Crippen molar-refractivity contribution in [2.75, 3.05) is 46.3 Å². The smallest absolute Gasteiger partial charge is 0.237 e. The second kappa shape index (κ2) is 6.53. The Bertz CT molecular complexity index is 686. The predicted molar refractivity (Wildman–Crippen MR) is 93.7 cm³/mol. The number of hydrogen-bond donors (Lipinski definition) is 1. The number of nitrogens with one attached hydrogen (secondary N) is 1. The summed E-state index contributed by atoms with van der Waals surface area (Å²) in [5.74, 6) is 1.17. The van der Waals surface area contributed by atoms with E-state index in [1.54, 1.807) is 0 Å². The molecule has 2 aromatic rings. The van der Waals surface area contributed by atoms with Gasteiger partial charge in [-0.3, -0.25) is 9.69 Å². The van der Waals surface area contributed by atoms with E-state index in [1.807, 2.05) is 29.2 Å². The topological polar surface area (TPSA) is 55.5 Å². The number of aromatic nitrogens is 2. The van der Waals surface area contributed by atoms with E-state index in [4.69, 9.17) is 4.98 Å². The summed E-state index contributed by atoms with van der Waals surface area (Å²) in [4.78, 5) is 27.6. The van der Waals surface area contributed by atoms with Crippen LogP contribution in [0.5, 0.6) is 0 Å². The molecule has 24 heavy (non-hydrogen) atoms. The van der Waals surface area contributed by atoms with Gasteiger partial charge in [0.25, 0.3) is 0 Å². The van der Waals surface area contributed by atoms with Crippen molar-refractivity contribution in [2.45, 2.75) is 18.9 Å². The van der Waals surface area contributed by atoms with Crippen molar-refractivity contribution in [1.82, 2.24) is 24.7 Å². The number of carbonyl (C=O) groups is 1. The molecule has 0 aliphatic carbocycles. The van der Waals surface area contributed by atoms with Gasteiger partial charge in [0.15, 0.2) is 0 Å². The molecule has 2 saturated heterocycles. The van der Waals surface area contributed by atoms with Crippen LogP contribution >= 0.6 is 0 Å². The Labute approximate surface area is 142 Å². The van der Waals surface area contributed by atoms with Crippen LogP contribution in [0.25, 0.3) is 11.0 Å². The molecule has 0 spiro atoms. The summed E-state index contributed by atoms with van der Waals surface area (Å²) in [6, 6.07) is 8.16. The molecule has 1 unspecified atom stereocenters. The highest BCUT2D eigenvalue weighted by molar-refractivity contribution is 5.79. The number of likely N-dealkylation sites (N-methyl/N-ethyl adjacent to an activating group) is 1. The van der Waals surface area contributed by atoms with Crippen LogP contribution in [0, 0.1) is 0 Å². The Morgan fingerprint density at radius 3 is 2.79 bits per heavy atom. The zero-order valence-electron chi connectivity index (χ0n) is 14.2. The van der Waals surface area contributed by atoms with Crippen molar-refractivity contribution < 1.29 is 4.79 Å². The largest absolute Gasteiger partial charge is 0.340 e. The number of amides is 1. The number of fused-ring (bicyclic) bond motifs is 1. The Morgan fingerprint density at radius 2 is 2.00 bits per heavy atom. The van der Waals surface area contributed by atoms with Crippen molar-refractivity contribution in [2.24, 2.45) is 0 Å². The first kappa shape index (κ1) is 15.6. The minimum absolute atomic E-state index is 0.0948. The monoisotopic (exact) mass is 327 g/mol. The molecule has 3 heterocycles. The molecule has 6 nitrogen and oxygen atoms in total. The lowest BCUT2D eigenvalue weighted by atomic mass is 10.2. The molecule has 2 aliphatic heterocycles. The van der Waals surface area contributed by atoms with Crippen molar-refractivity contribution in [3.63, 3.8) is 0 Å². The maximum atomic E-state index is 12.8. The van der Waals surface area contributed by atoms with Crippen LogP contribution in [0.1, 0.15) is 24.7 Å². The number of rotatable bonds is 3. The van der Waals surface area contributed by atoms with Gasteiger partial charge in [-0.2, -0.15) is 0 Å². The van der Waals surface area contributed by atoms with Crippen molar-refractivity contribution >= 4 is 16.9 Å². The lowest BCUT2D eigenvalue weighted by Crippen LogP contribution is -2.48. The molecule has 0 bridgehead atoms. The van der Waals surface area contributed by atoms with Crippen LogP contribution in [0.4, 0.5) is 0 Å². The summed E-state index contributed by atoms with van der Waals surface area (Å²) < 4.78 is 0. The zero-order chi connectivity index (χ0) is 16.5. The van der Waals surface area contributed by atoms with Gasteiger partial charge in [-0.05, 0) is 32.0 Å². The van der Waals surface area contributed by atoms with Gasteiger partial charge < -0.3 is 14.8 Å². The van der Waals surface area contributed by atoms with Gasteiger partial charge in [-0.1, -0.05) is 12.1 Å². The molecule has 1 atom stereocenters. The number of likely N-dealkylation sites (tertiary alicyclic amines) is 1. The Morgan fingerprint density at radius 1 is 1.21 bits per heavy atom. The number of carbonyl (C=O) groups excluding carboxylic acids is 1. The normalized spacial score (nSPS) is 23.2. The number of benzene rings is 1. The number of H-pyrrole nitrogens is 1. The highest BCUT2D eigenvalue weighted by Gasteiger charge is 2.33. The molecule has 2 aliphatic rings. The van der Waals surface area contributed by atoms with E-state index in [0.29, 0.717) is 6.54 Å². The van der Waals surface area contributed by atoms with Crippen molar-refractivity contribution in [3.05, 3.63) is 30.1 Å². The summed E-state index contributed by atoms with van der Waals surface area (Å²) in [5, 5.41) is 0. The Kier molecular flexibility index (Phi) is 4.24. The Hall–Kier alpha value is -1.92. The van der Waals surface area contributed by atoms with E-state index in [-0.39, 0.29) is 11.9 Å². The quantitative estimate of drug-likeness (QED) is 0.928. The molecule has 6 heteroatoms. The Balaban J connectivity index is 1.46.